The number of benzene rings is 2. The molecule has 2 amide bonds. The second-order valence-electron chi connectivity index (χ2n) is 5.75. The zero-order valence-electron chi connectivity index (χ0n) is 14.5. The van der Waals surface area contributed by atoms with Gasteiger partial charge in [0.05, 0.1) is 5.52 Å². The molecule has 0 aliphatic heterocycles. The van der Waals surface area contributed by atoms with Gasteiger partial charge in [-0.05, 0) is 31.2 Å². The minimum absolute atomic E-state index is 0.0988. The Morgan fingerprint density at radius 3 is 2.37 bits per heavy atom. The lowest BCUT2D eigenvalue weighted by Crippen LogP contribution is -2.46. The first-order valence-electron chi connectivity index (χ1n) is 8.26. The summed E-state index contributed by atoms with van der Waals surface area (Å²) >= 11 is 0. The molecule has 1 atom stereocenters. The SMILES string of the molecule is C[C@H](OC(=O)c1ccc2ccccc2n1)C(=O)NNC(=O)c1ccccc1. The molecule has 3 rings (SSSR count). The van der Waals surface area contributed by atoms with Crippen molar-refractivity contribution in [3.63, 3.8) is 0 Å². The van der Waals surface area contributed by atoms with Crippen LogP contribution in [0, 0.1) is 0 Å². The van der Waals surface area contributed by atoms with Gasteiger partial charge in [0.2, 0.25) is 0 Å². The molecule has 1 heterocycles. The average Bonchev–Trinajstić information content (AvgIpc) is 2.71. The van der Waals surface area contributed by atoms with Gasteiger partial charge in [0.1, 0.15) is 5.69 Å². The smallest absolute Gasteiger partial charge is 0.357 e. The quantitative estimate of drug-likeness (QED) is 0.547. The predicted octanol–water partition coefficient (Wildman–Crippen LogP) is 2.24. The van der Waals surface area contributed by atoms with Crippen LogP contribution in [0.15, 0.2) is 66.7 Å². The second kappa shape index (κ2) is 8.09. The molecule has 7 heteroatoms. The highest BCUT2D eigenvalue weighted by atomic mass is 16.5. The van der Waals surface area contributed by atoms with Crippen molar-refractivity contribution >= 4 is 28.7 Å². The number of hydrogen-bond acceptors (Lipinski definition) is 5. The largest absolute Gasteiger partial charge is 0.448 e. The van der Waals surface area contributed by atoms with Crippen LogP contribution in [0.25, 0.3) is 10.9 Å². The molecule has 2 aromatic carbocycles. The first-order valence-corrected chi connectivity index (χ1v) is 8.26. The molecule has 3 aromatic rings. The van der Waals surface area contributed by atoms with Crippen LogP contribution in [-0.4, -0.2) is 28.9 Å². The van der Waals surface area contributed by atoms with E-state index in [1.165, 1.54) is 13.0 Å². The van der Waals surface area contributed by atoms with E-state index in [9.17, 15) is 14.4 Å². The van der Waals surface area contributed by atoms with Crippen molar-refractivity contribution in [2.75, 3.05) is 0 Å². The number of pyridine rings is 1. The van der Waals surface area contributed by atoms with E-state index in [1.54, 1.807) is 42.5 Å². The lowest BCUT2D eigenvalue weighted by molar-refractivity contribution is -0.129. The summed E-state index contributed by atoms with van der Waals surface area (Å²) in [7, 11) is 0. The topological polar surface area (TPSA) is 97.4 Å². The van der Waals surface area contributed by atoms with Crippen LogP contribution >= 0.6 is 0 Å². The van der Waals surface area contributed by atoms with Gasteiger partial charge >= 0.3 is 5.97 Å². The fourth-order valence-electron chi connectivity index (χ4n) is 2.34. The number of para-hydroxylation sites is 1. The molecule has 0 bridgehead atoms. The van der Waals surface area contributed by atoms with Gasteiger partial charge in [-0.1, -0.05) is 42.5 Å². The molecular weight excluding hydrogens is 346 g/mol. The molecule has 27 heavy (non-hydrogen) atoms. The number of hydrazine groups is 1. The summed E-state index contributed by atoms with van der Waals surface area (Å²) in [5.41, 5.74) is 5.64. The minimum atomic E-state index is -1.11. The molecule has 0 aliphatic rings. The Morgan fingerprint density at radius 2 is 1.59 bits per heavy atom. The van der Waals surface area contributed by atoms with Gasteiger partial charge in [0.15, 0.2) is 6.10 Å². The van der Waals surface area contributed by atoms with Gasteiger partial charge in [0, 0.05) is 10.9 Å². The van der Waals surface area contributed by atoms with E-state index in [2.05, 4.69) is 15.8 Å². The van der Waals surface area contributed by atoms with E-state index in [0.717, 1.165) is 5.39 Å². The van der Waals surface area contributed by atoms with Crippen LogP contribution in [0.2, 0.25) is 0 Å². The molecule has 7 nitrogen and oxygen atoms in total. The third-order valence-corrected chi connectivity index (χ3v) is 3.80. The number of ether oxygens (including phenoxy) is 1. The molecule has 0 radical (unpaired) electrons. The lowest BCUT2D eigenvalue weighted by atomic mass is 10.2. The highest BCUT2D eigenvalue weighted by molar-refractivity contribution is 5.96. The number of carbonyl (C=O) groups is 3. The van der Waals surface area contributed by atoms with Crippen LogP contribution in [0.5, 0.6) is 0 Å². The Bertz CT molecular complexity index is 989. The van der Waals surface area contributed by atoms with Crippen molar-refractivity contribution in [2.24, 2.45) is 0 Å². The van der Waals surface area contributed by atoms with Gasteiger partial charge in [-0.15, -0.1) is 0 Å². The Hall–Kier alpha value is -3.74. The van der Waals surface area contributed by atoms with Gasteiger partial charge in [0.25, 0.3) is 11.8 Å². The van der Waals surface area contributed by atoms with Gasteiger partial charge in [-0.2, -0.15) is 0 Å². The molecule has 0 saturated heterocycles. The highest BCUT2D eigenvalue weighted by Crippen LogP contribution is 2.12. The number of rotatable bonds is 4. The molecule has 0 saturated carbocycles. The van der Waals surface area contributed by atoms with E-state index in [-0.39, 0.29) is 5.69 Å². The number of esters is 1. The van der Waals surface area contributed by atoms with Gasteiger partial charge < -0.3 is 4.74 Å². The summed E-state index contributed by atoms with van der Waals surface area (Å²) in [4.78, 5) is 40.4. The standard InChI is InChI=1S/C20H17N3O4/c1-13(18(24)22-23-19(25)15-8-3-2-4-9-15)27-20(26)17-12-11-14-7-5-6-10-16(14)21-17/h2-13H,1H3,(H,22,24)(H,23,25)/t13-/m0/s1. The average molecular weight is 363 g/mol. The Labute approximate surface area is 155 Å². The monoisotopic (exact) mass is 363 g/mol. The number of amides is 2. The van der Waals surface area contributed by atoms with Crippen LogP contribution in [0.1, 0.15) is 27.8 Å². The molecule has 136 valence electrons. The number of nitrogens with one attached hydrogen (secondary N) is 2. The first-order chi connectivity index (χ1) is 13.0. The zero-order chi connectivity index (χ0) is 19.2. The normalized spacial score (nSPS) is 11.4. The van der Waals surface area contributed by atoms with E-state index < -0.39 is 23.9 Å². The molecule has 0 aliphatic carbocycles. The summed E-state index contributed by atoms with van der Waals surface area (Å²) in [6, 6.07) is 19.0. The summed E-state index contributed by atoms with van der Waals surface area (Å²) in [6.07, 6.45) is -1.11. The fraction of sp³-hybridized carbons (Fsp3) is 0.100. The van der Waals surface area contributed by atoms with Gasteiger partial charge in [-0.3, -0.25) is 20.4 Å². The molecule has 2 N–H and O–H groups in total. The molecule has 0 fully saturated rings. The maximum Gasteiger partial charge on any atom is 0.357 e. The first kappa shape index (κ1) is 18.1. The molecular formula is C20H17N3O4. The number of fused-ring (bicyclic) bond motifs is 1. The molecule has 0 unspecified atom stereocenters. The summed E-state index contributed by atoms with van der Waals surface area (Å²) in [6.45, 7) is 1.41. The fourth-order valence-corrected chi connectivity index (χ4v) is 2.34. The summed E-state index contributed by atoms with van der Waals surface area (Å²) in [5, 5.41) is 0.892. The maximum absolute atomic E-state index is 12.2. The third-order valence-electron chi connectivity index (χ3n) is 3.80. The Morgan fingerprint density at radius 1 is 0.889 bits per heavy atom. The summed E-state index contributed by atoms with van der Waals surface area (Å²) in [5.74, 6) is -1.86. The van der Waals surface area contributed by atoms with Crippen molar-refractivity contribution in [1.29, 1.82) is 0 Å². The van der Waals surface area contributed by atoms with Crippen LogP contribution in [-0.2, 0) is 9.53 Å². The molecule has 1 aromatic heterocycles. The zero-order valence-corrected chi connectivity index (χ0v) is 14.5. The van der Waals surface area contributed by atoms with Crippen molar-refractivity contribution in [2.45, 2.75) is 13.0 Å². The number of nitrogens with zero attached hydrogens (tertiary/aromatic N) is 1. The van der Waals surface area contributed by atoms with E-state index in [4.69, 9.17) is 4.74 Å². The van der Waals surface area contributed by atoms with Gasteiger partial charge in [-0.25, -0.2) is 9.78 Å². The summed E-state index contributed by atoms with van der Waals surface area (Å²) < 4.78 is 5.12. The van der Waals surface area contributed by atoms with Crippen LogP contribution in [0.3, 0.4) is 0 Å². The van der Waals surface area contributed by atoms with Crippen molar-refractivity contribution in [1.82, 2.24) is 15.8 Å². The second-order valence-corrected chi connectivity index (χ2v) is 5.75. The van der Waals surface area contributed by atoms with E-state index in [1.807, 2.05) is 18.2 Å². The number of aromatic nitrogens is 1. The molecule has 0 spiro atoms. The minimum Gasteiger partial charge on any atom is -0.448 e. The highest BCUT2D eigenvalue weighted by Gasteiger charge is 2.20. The van der Waals surface area contributed by atoms with Crippen molar-refractivity contribution in [3.8, 4) is 0 Å². The lowest BCUT2D eigenvalue weighted by Gasteiger charge is -2.14. The van der Waals surface area contributed by atoms with E-state index in [0.29, 0.717) is 11.1 Å². The predicted molar refractivity (Wildman–Crippen MR) is 98.7 cm³/mol. The van der Waals surface area contributed by atoms with Crippen molar-refractivity contribution < 1.29 is 19.1 Å². The Balaban J connectivity index is 1.56. The number of carbonyl (C=O) groups excluding carboxylic acids is 3. The third kappa shape index (κ3) is 4.46. The number of hydrogen-bond donors (Lipinski definition) is 2. The van der Waals surface area contributed by atoms with Crippen molar-refractivity contribution in [3.05, 3.63) is 78.0 Å². The van der Waals surface area contributed by atoms with Crippen LogP contribution in [0.4, 0.5) is 0 Å². The van der Waals surface area contributed by atoms with Crippen LogP contribution < -0.4 is 10.9 Å². The van der Waals surface area contributed by atoms with E-state index >= 15 is 0 Å². The maximum atomic E-state index is 12.2. The Kier molecular flexibility index (Phi) is 5.41.